The van der Waals surface area contributed by atoms with Crippen LogP contribution in [0.5, 0.6) is 51.7 Å². The minimum absolute atomic E-state index is 0.0743. The summed E-state index contributed by atoms with van der Waals surface area (Å²) in [6.07, 6.45) is -4.89. The van der Waals surface area contributed by atoms with Crippen LogP contribution in [-0.4, -0.2) is 58.2 Å². The second-order valence-electron chi connectivity index (χ2n) is 10.2. The normalized spacial score (nSPS) is 23.1. The fraction of sp³-hybridized carbons (Fsp3) is 0.200. The van der Waals surface area contributed by atoms with E-state index < -0.39 is 41.8 Å². The number of ether oxygens (including phenoxy) is 2. The topological polar surface area (TPSA) is 201 Å². The van der Waals surface area contributed by atoms with Crippen molar-refractivity contribution in [3.05, 3.63) is 88.5 Å². The molecular formula is C30H26O11. The number of aliphatic hydroxyl groups is 2. The third-order valence-electron chi connectivity index (χ3n) is 7.59. The predicted molar refractivity (Wildman–Crippen MR) is 142 cm³/mol. The summed E-state index contributed by atoms with van der Waals surface area (Å²) in [6, 6.07) is 13.0. The Labute approximate surface area is 232 Å². The quantitative estimate of drug-likeness (QED) is 0.166. The van der Waals surface area contributed by atoms with E-state index in [1.54, 1.807) is 0 Å². The maximum Gasteiger partial charge on any atom is 0.157 e. The van der Waals surface area contributed by atoms with Gasteiger partial charge in [0.15, 0.2) is 29.1 Å². The summed E-state index contributed by atoms with van der Waals surface area (Å²) in [5, 5.41) is 94.1. The Kier molecular flexibility index (Phi) is 6.13. The molecule has 0 saturated carbocycles. The van der Waals surface area contributed by atoms with Gasteiger partial charge in [-0.3, -0.25) is 0 Å². The summed E-state index contributed by atoms with van der Waals surface area (Å²) in [5.74, 6) is -3.35. The number of phenolic OH excluding ortho intramolecular Hbond substituents is 7. The molecule has 41 heavy (non-hydrogen) atoms. The van der Waals surface area contributed by atoms with Crippen molar-refractivity contribution < 1.29 is 55.4 Å². The molecule has 0 fully saturated rings. The second kappa shape index (κ2) is 9.58. The number of aliphatic hydroxyl groups excluding tert-OH is 2. The first-order valence-electron chi connectivity index (χ1n) is 12.7. The number of phenols is 7. The number of rotatable bonds is 3. The lowest BCUT2D eigenvalue weighted by molar-refractivity contribution is -0.00244. The van der Waals surface area contributed by atoms with Crippen LogP contribution in [0, 0.1) is 0 Å². The van der Waals surface area contributed by atoms with Crippen LogP contribution >= 0.6 is 0 Å². The Hall–Kier alpha value is -5.00. The highest BCUT2D eigenvalue weighted by atomic mass is 16.5. The molecule has 4 aromatic rings. The molecule has 4 aromatic carbocycles. The number of fused-ring (bicyclic) bond motifs is 3. The van der Waals surface area contributed by atoms with Crippen LogP contribution in [0.25, 0.3) is 0 Å². The molecule has 2 aliphatic heterocycles. The Morgan fingerprint density at radius 1 is 0.585 bits per heavy atom. The Balaban J connectivity index is 1.55. The van der Waals surface area contributed by atoms with Crippen LogP contribution in [0.15, 0.2) is 60.7 Å². The lowest BCUT2D eigenvalue weighted by Crippen LogP contribution is -2.37. The first-order valence-corrected chi connectivity index (χ1v) is 12.7. The van der Waals surface area contributed by atoms with Gasteiger partial charge in [0.2, 0.25) is 0 Å². The third kappa shape index (κ3) is 4.31. The van der Waals surface area contributed by atoms with Gasteiger partial charge in [-0.2, -0.15) is 0 Å². The standard InChI is InChI=1S/C30H26O11/c31-14-3-4-15(19(34)9-14)25-26-24(40-29(27(25)39)13-2-6-18(33)22(37)8-13)11-20(35)16-10-23(38)28(41-30(16)26)12-1-5-17(32)21(36)7-12/h1-9,11,23,25,27-29,31-39H,10H2/t23-,25-,27+,28+,29+/m0/s1. The van der Waals surface area contributed by atoms with E-state index in [0.29, 0.717) is 5.56 Å². The van der Waals surface area contributed by atoms with E-state index in [9.17, 15) is 46.0 Å². The van der Waals surface area contributed by atoms with Crippen molar-refractivity contribution in [3.63, 3.8) is 0 Å². The Morgan fingerprint density at radius 2 is 1.22 bits per heavy atom. The number of benzene rings is 4. The third-order valence-corrected chi connectivity index (χ3v) is 7.59. The highest BCUT2D eigenvalue weighted by molar-refractivity contribution is 5.64. The monoisotopic (exact) mass is 562 g/mol. The minimum Gasteiger partial charge on any atom is -0.508 e. The Bertz CT molecular complexity index is 1670. The van der Waals surface area contributed by atoms with Gasteiger partial charge in [-0.1, -0.05) is 18.2 Å². The molecule has 9 N–H and O–H groups in total. The van der Waals surface area contributed by atoms with Gasteiger partial charge in [0.05, 0.1) is 6.10 Å². The number of aromatic hydroxyl groups is 7. The molecule has 11 nitrogen and oxygen atoms in total. The van der Waals surface area contributed by atoms with Crippen molar-refractivity contribution in [1.82, 2.24) is 0 Å². The van der Waals surface area contributed by atoms with E-state index >= 15 is 0 Å². The largest absolute Gasteiger partial charge is 0.508 e. The van der Waals surface area contributed by atoms with Crippen molar-refractivity contribution in [3.8, 4) is 51.7 Å². The van der Waals surface area contributed by atoms with Gasteiger partial charge < -0.3 is 55.4 Å². The van der Waals surface area contributed by atoms with Crippen LogP contribution in [-0.2, 0) is 6.42 Å². The van der Waals surface area contributed by atoms with Crippen LogP contribution in [0.1, 0.15) is 45.9 Å². The van der Waals surface area contributed by atoms with E-state index in [1.165, 1.54) is 54.6 Å². The maximum atomic E-state index is 11.7. The summed E-state index contributed by atoms with van der Waals surface area (Å²) in [7, 11) is 0. The molecule has 0 amide bonds. The van der Waals surface area contributed by atoms with Crippen molar-refractivity contribution >= 4 is 0 Å². The molecule has 212 valence electrons. The van der Waals surface area contributed by atoms with Crippen molar-refractivity contribution in [2.75, 3.05) is 0 Å². The first kappa shape index (κ1) is 26.2. The number of hydrogen-bond donors (Lipinski definition) is 9. The molecule has 0 aromatic heterocycles. The molecule has 11 heteroatoms. The van der Waals surface area contributed by atoms with Gasteiger partial charge >= 0.3 is 0 Å². The molecule has 2 aliphatic rings. The average Bonchev–Trinajstić information content (AvgIpc) is 2.92. The lowest BCUT2D eigenvalue weighted by Gasteiger charge is -2.41. The molecule has 6 rings (SSSR count). The average molecular weight is 563 g/mol. The molecular weight excluding hydrogens is 536 g/mol. The van der Waals surface area contributed by atoms with Crippen molar-refractivity contribution in [1.29, 1.82) is 0 Å². The molecule has 0 aliphatic carbocycles. The molecule has 0 bridgehead atoms. The van der Waals surface area contributed by atoms with E-state index in [-0.39, 0.29) is 68.9 Å². The van der Waals surface area contributed by atoms with E-state index in [0.717, 1.165) is 6.07 Å². The second-order valence-corrected chi connectivity index (χ2v) is 10.2. The van der Waals surface area contributed by atoms with Crippen LogP contribution in [0.4, 0.5) is 0 Å². The summed E-state index contributed by atoms with van der Waals surface area (Å²) >= 11 is 0. The Morgan fingerprint density at radius 3 is 1.83 bits per heavy atom. The number of hydrogen-bond acceptors (Lipinski definition) is 11. The fourth-order valence-electron chi connectivity index (χ4n) is 5.60. The molecule has 5 atom stereocenters. The van der Waals surface area contributed by atoms with Gasteiger partial charge in [-0.15, -0.1) is 0 Å². The predicted octanol–water partition coefficient (Wildman–Crippen LogP) is 3.29. The van der Waals surface area contributed by atoms with Crippen LogP contribution < -0.4 is 9.47 Å². The zero-order valence-electron chi connectivity index (χ0n) is 21.2. The fourth-order valence-corrected chi connectivity index (χ4v) is 5.60. The minimum atomic E-state index is -1.43. The summed E-state index contributed by atoms with van der Waals surface area (Å²) in [6.45, 7) is 0. The maximum absolute atomic E-state index is 11.7. The molecule has 0 spiro atoms. The first-order chi connectivity index (χ1) is 19.5. The van der Waals surface area contributed by atoms with Gasteiger partial charge in [-0.25, -0.2) is 0 Å². The van der Waals surface area contributed by atoms with E-state index in [4.69, 9.17) is 9.47 Å². The SMILES string of the molecule is Oc1ccc([C@H]2c3c(cc(O)c4c3O[C@H](c3ccc(O)c(O)c3)[C@@H](O)C4)O[C@H](c3ccc(O)c(O)c3)[C@@H]2O)c(O)c1. The van der Waals surface area contributed by atoms with E-state index in [1.807, 2.05) is 0 Å². The summed E-state index contributed by atoms with van der Waals surface area (Å²) in [4.78, 5) is 0. The summed E-state index contributed by atoms with van der Waals surface area (Å²) < 4.78 is 12.4. The van der Waals surface area contributed by atoms with Gasteiger partial charge in [0.1, 0.15) is 41.0 Å². The van der Waals surface area contributed by atoms with Gasteiger partial charge in [-0.05, 0) is 41.5 Å². The molecule has 2 heterocycles. The smallest absolute Gasteiger partial charge is 0.157 e. The molecule has 0 radical (unpaired) electrons. The van der Waals surface area contributed by atoms with Crippen molar-refractivity contribution in [2.24, 2.45) is 0 Å². The van der Waals surface area contributed by atoms with Crippen LogP contribution in [0.3, 0.4) is 0 Å². The summed E-state index contributed by atoms with van der Waals surface area (Å²) in [5.41, 5.74) is 1.26. The molecule has 0 saturated heterocycles. The van der Waals surface area contributed by atoms with E-state index in [2.05, 4.69) is 0 Å². The zero-order valence-corrected chi connectivity index (χ0v) is 21.2. The van der Waals surface area contributed by atoms with Crippen LogP contribution in [0.2, 0.25) is 0 Å². The molecule has 0 unspecified atom stereocenters. The highest BCUT2D eigenvalue weighted by Crippen LogP contribution is 2.56. The lowest BCUT2D eigenvalue weighted by atomic mass is 9.77. The van der Waals surface area contributed by atoms with Gasteiger partial charge in [0.25, 0.3) is 0 Å². The van der Waals surface area contributed by atoms with Crippen molar-refractivity contribution in [2.45, 2.75) is 36.8 Å². The zero-order chi connectivity index (χ0) is 29.2. The van der Waals surface area contributed by atoms with Gasteiger partial charge in [0, 0.05) is 41.2 Å². The highest BCUT2D eigenvalue weighted by Gasteiger charge is 2.45.